The number of hydrogen-bond donors (Lipinski definition) is 1. The van der Waals surface area contributed by atoms with E-state index in [2.05, 4.69) is 5.32 Å². The molecular formula is C30H34Cl2FN3O5. The lowest BCUT2D eigenvalue weighted by atomic mass is 9.72. The van der Waals surface area contributed by atoms with E-state index in [4.69, 9.17) is 32.7 Å². The third-order valence-corrected chi connectivity index (χ3v) is 9.47. The zero-order chi connectivity index (χ0) is 29.1. The van der Waals surface area contributed by atoms with Gasteiger partial charge in [-0.25, -0.2) is 9.18 Å². The number of benzene rings is 2. The van der Waals surface area contributed by atoms with Crippen LogP contribution in [-0.4, -0.2) is 79.6 Å². The van der Waals surface area contributed by atoms with E-state index >= 15 is 0 Å². The molecule has 0 spiro atoms. The number of nitrogens with zero attached hydrogens (tertiary/aromatic N) is 2. The number of ketones is 1. The van der Waals surface area contributed by atoms with Crippen LogP contribution in [0.3, 0.4) is 0 Å². The number of carbonyl (C=O) groups is 3. The molecule has 3 aliphatic rings. The minimum atomic E-state index is -1.29. The molecule has 0 unspecified atom stereocenters. The van der Waals surface area contributed by atoms with E-state index < -0.39 is 23.4 Å². The van der Waals surface area contributed by atoms with Crippen molar-refractivity contribution in [1.82, 2.24) is 15.1 Å². The van der Waals surface area contributed by atoms with Gasteiger partial charge >= 0.3 is 6.09 Å². The lowest BCUT2D eigenvalue weighted by Gasteiger charge is -2.44. The molecule has 2 aromatic rings. The maximum Gasteiger partial charge on any atom is 0.415 e. The monoisotopic (exact) mass is 605 g/mol. The molecule has 11 heteroatoms. The smallest absolute Gasteiger partial charge is 0.410 e. The molecule has 41 heavy (non-hydrogen) atoms. The number of likely N-dealkylation sites (N-methyl/N-ethyl adjacent to an activating group) is 1. The van der Waals surface area contributed by atoms with Gasteiger partial charge in [0.05, 0.1) is 10.0 Å². The lowest BCUT2D eigenvalue weighted by molar-refractivity contribution is -0.143. The zero-order valence-electron chi connectivity index (χ0n) is 22.9. The molecular weight excluding hydrogens is 572 g/mol. The molecule has 8 nitrogen and oxygen atoms in total. The van der Waals surface area contributed by atoms with Crippen LogP contribution in [-0.2, 0) is 14.3 Å². The number of carbonyl (C=O) groups excluding carboxylic acids is 3. The highest BCUT2D eigenvalue weighted by Crippen LogP contribution is 2.42. The summed E-state index contributed by atoms with van der Waals surface area (Å²) in [5.74, 6) is -1.07. The molecule has 3 aliphatic heterocycles. The largest absolute Gasteiger partial charge is 0.415 e. The Kier molecular flexibility index (Phi) is 9.18. The highest BCUT2D eigenvalue weighted by molar-refractivity contribution is 6.42. The molecule has 2 aromatic carbocycles. The summed E-state index contributed by atoms with van der Waals surface area (Å²) < 4.78 is 24.4. The van der Waals surface area contributed by atoms with Gasteiger partial charge < -0.3 is 19.7 Å². The summed E-state index contributed by atoms with van der Waals surface area (Å²) in [5.41, 5.74) is -0.516. The Morgan fingerprint density at radius 2 is 1.68 bits per heavy atom. The van der Waals surface area contributed by atoms with Crippen molar-refractivity contribution in [2.75, 3.05) is 46.4 Å². The fourth-order valence-corrected chi connectivity index (χ4v) is 6.66. The van der Waals surface area contributed by atoms with Gasteiger partial charge in [0.15, 0.2) is 5.78 Å². The summed E-state index contributed by atoms with van der Waals surface area (Å²) in [5, 5.41) is 4.07. The van der Waals surface area contributed by atoms with Gasteiger partial charge in [-0.3, -0.25) is 14.5 Å². The third-order valence-electron chi connectivity index (χ3n) is 8.73. The maximum atomic E-state index is 14.6. The van der Waals surface area contributed by atoms with Crippen molar-refractivity contribution in [1.29, 1.82) is 0 Å². The second kappa shape index (κ2) is 12.7. The maximum absolute atomic E-state index is 14.6. The second-order valence-electron chi connectivity index (χ2n) is 11.0. The van der Waals surface area contributed by atoms with E-state index in [1.165, 1.54) is 29.2 Å². The van der Waals surface area contributed by atoms with Crippen molar-refractivity contribution >= 4 is 41.0 Å². The Labute approximate surface area is 249 Å². The first-order valence-electron chi connectivity index (χ1n) is 14.0. The Balaban J connectivity index is 1.40. The Morgan fingerprint density at radius 3 is 2.34 bits per heavy atom. The van der Waals surface area contributed by atoms with Crippen molar-refractivity contribution < 1.29 is 28.2 Å². The molecule has 3 saturated heterocycles. The van der Waals surface area contributed by atoms with E-state index in [-0.39, 0.29) is 35.8 Å². The molecule has 1 N–H and O–H groups in total. The van der Waals surface area contributed by atoms with Gasteiger partial charge in [-0.1, -0.05) is 29.3 Å². The topological polar surface area (TPSA) is 88.2 Å². The fourth-order valence-electron chi connectivity index (χ4n) is 6.35. The number of Topliss-reactive ketones (excluding diaryl/α,β-unsaturated/α-hetero) is 1. The van der Waals surface area contributed by atoms with Crippen molar-refractivity contribution in [3.8, 4) is 5.75 Å². The van der Waals surface area contributed by atoms with Crippen LogP contribution in [0.5, 0.6) is 5.75 Å². The summed E-state index contributed by atoms with van der Waals surface area (Å²) in [6.45, 7) is 2.80. The number of likely N-dealkylation sites (tertiary alicyclic amines) is 1. The quantitative estimate of drug-likeness (QED) is 0.503. The molecule has 2 amide bonds. The minimum absolute atomic E-state index is 0.0345. The predicted molar refractivity (Wildman–Crippen MR) is 153 cm³/mol. The normalized spacial score (nSPS) is 23.8. The Morgan fingerprint density at radius 1 is 1.00 bits per heavy atom. The molecule has 220 valence electrons. The number of nitrogens with one attached hydrogen (secondary N) is 1. The first-order chi connectivity index (χ1) is 19.7. The predicted octanol–water partition coefficient (Wildman–Crippen LogP) is 4.92. The van der Waals surface area contributed by atoms with Crippen molar-refractivity contribution in [2.45, 2.75) is 37.1 Å². The van der Waals surface area contributed by atoms with Crippen LogP contribution in [0.1, 0.15) is 37.2 Å². The van der Waals surface area contributed by atoms with Crippen molar-refractivity contribution in [3.63, 3.8) is 0 Å². The van der Waals surface area contributed by atoms with Crippen LogP contribution in [0.2, 0.25) is 10.0 Å². The summed E-state index contributed by atoms with van der Waals surface area (Å²) in [6.07, 6.45) is 1.72. The van der Waals surface area contributed by atoms with Gasteiger partial charge in [0, 0.05) is 64.2 Å². The van der Waals surface area contributed by atoms with Gasteiger partial charge in [-0.2, -0.15) is 0 Å². The standard InChI is InChI=1S/C30H34Cl2FN3O5/c1-35(29(39)41-23-5-3-22(33)4-6-23)30(18-34-17-24(30)21-2-7-25(31)26(32)16-21)27(37)19-8-12-36(13-9-19)28(38)20-10-14-40-15-11-20/h2-7,16,19-20,24,34H,8-15,17-18H2,1H3/t24-,30+/m0/s1. The fraction of sp³-hybridized carbons (Fsp3) is 0.500. The lowest BCUT2D eigenvalue weighted by Crippen LogP contribution is -2.62. The number of rotatable bonds is 6. The van der Waals surface area contributed by atoms with Crippen LogP contribution in [0.25, 0.3) is 0 Å². The molecule has 0 bridgehead atoms. The molecule has 3 heterocycles. The van der Waals surface area contributed by atoms with Gasteiger partial charge in [0.1, 0.15) is 17.1 Å². The number of amides is 2. The van der Waals surface area contributed by atoms with Crippen LogP contribution in [0.4, 0.5) is 9.18 Å². The molecule has 0 radical (unpaired) electrons. The van der Waals surface area contributed by atoms with Crippen LogP contribution < -0.4 is 10.1 Å². The summed E-state index contributed by atoms with van der Waals surface area (Å²) in [4.78, 5) is 44.4. The molecule has 0 saturated carbocycles. The first kappa shape index (κ1) is 29.8. The third kappa shape index (κ3) is 6.09. The second-order valence-corrected chi connectivity index (χ2v) is 11.8. The van der Waals surface area contributed by atoms with E-state index in [1.807, 2.05) is 11.0 Å². The summed E-state index contributed by atoms with van der Waals surface area (Å²) in [7, 11) is 1.56. The van der Waals surface area contributed by atoms with Crippen molar-refractivity contribution in [3.05, 3.63) is 63.9 Å². The van der Waals surface area contributed by atoms with Gasteiger partial charge in [-0.15, -0.1) is 0 Å². The molecule has 0 aliphatic carbocycles. The number of ether oxygens (including phenoxy) is 2. The van der Waals surface area contributed by atoms with E-state index in [0.29, 0.717) is 55.7 Å². The van der Waals surface area contributed by atoms with E-state index in [9.17, 15) is 18.8 Å². The molecule has 3 fully saturated rings. The summed E-state index contributed by atoms with van der Waals surface area (Å²) in [6, 6.07) is 10.4. The van der Waals surface area contributed by atoms with Crippen LogP contribution in [0, 0.1) is 17.7 Å². The van der Waals surface area contributed by atoms with Gasteiger partial charge in [-0.05, 0) is 67.6 Å². The SMILES string of the molecule is CN(C(=O)Oc1ccc(F)cc1)[C@]1(C(=O)C2CCN(C(=O)C3CCOCC3)CC2)CNC[C@H]1c1ccc(Cl)c(Cl)c1. The highest BCUT2D eigenvalue weighted by atomic mass is 35.5. The first-order valence-corrected chi connectivity index (χ1v) is 14.7. The van der Waals surface area contributed by atoms with Crippen LogP contribution >= 0.6 is 23.2 Å². The Hall–Kier alpha value is -2.72. The Bertz CT molecular complexity index is 1280. The molecule has 0 aromatic heterocycles. The number of hydrogen-bond acceptors (Lipinski definition) is 6. The molecule has 5 rings (SSSR count). The number of piperidine rings is 1. The van der Waals surface area contributed by atoms with E-state index in [1.54, 1.807) is 19.2 Å². The average Bonchev–Trinajstić information content (AvgIpc) is 3.45. The number of halogens is 3. The van der Waals surface area contributed by atoms with Gasteiger partial charge in [0.2, 0.25) is 5.91 Å². The van der Waals surface area contributed by atoms with Gasteiger partial charge in [0.25, 0.3) is 0 Å². The van der Waals surface area contributed by atoms with Crippen molar-refractivity contribution in [2.24, 2.45) is 11.8 Å². The average molecular weight is 607 g/mol. The molecule has 2 atom stereocenters. The summed E-state index contributed by atoms with van der Waals surface area (Å²) >= 11 is 12.6. The highest BCUT2D eigenvalue weighted by Gasteiger charge is 2.56. The zero-order valence-corrected chi connectivity index (χ0v) is 24.4. The van der Waals surface area contributed by atoms with E-state index in [0.717, 1.165) is 18.4 Å². The minimum Gasteiger partial charge on any atom is -0.410 e. The van der Waals surface area contributed by atoms with Crippen LogP contribution in [0.15, 0.2) is 42.5 Å².